The Kier molecular flexibility index (Phi) is 7.29. The second kappa shape index (κ2) is 10.3. The fraction of sp³-hybridized carbons (Fsp3) is 0.250. The molecule has 0 spiro atoms. The maximum atomic E-state index is 11.6. The van der Waals surface area contributed by atoms with Crippen molar-refractivity contribution in [3.05, 3.63) is 93.5 Å². The highest BCUT2D eigenvalue weighted by Gasteiger charge is 2.28. The number of aliphatic carboxylic acids is 1. The number of carboxylic acids is 1. The van der Waals surface area contributed by atoms with Gasteiger partial charge in [0.05, 0.1) is 0 Å². The summed E-state index contributed by atoms with van der Waals surface area (Å²) in [4.78, 5) is 13.6. The van der Waals surface area contributed by atoms with Gasteiger partial charge in [-0.2, -0.15) is 0 Å². The van der Waals surface area contributed by atoms with E-state index in [-0.39, 0.29) is 0 Å². The minimum Gasteiger partial charge on any atom is -0.480 e. The van der Waals surface area contributed by atoms with Gasteiger partial charge in [-0.3, -0.25) is 9.69 Å². The van der Waals surface area contributed by atoms with Crippen LogP contribution in [-0.2, 0) is 11.3 Å². The molecule has 0 radical (unpaired) electrons. The SMILES string of the molecule is Cc1cc(/C=C/c2cccc(-c3ccccc3)c2C)c(Cl)cc1CN1CCNCC1C(=O)O. The van der Waals surface area contributed by atoms with Crippen LogP contribution in [0.3, 0.4) is 0 Å². The van der Waals surface area contributed by atoms with Crippen LogP contribution in [0.5, 0.6) is 0 Å². The Labute approximate surface area is 200 Å². The van der Waals surface area contributed by atoms with Gasteiger partial charge in [0.15, 0.2) is 0 Å². The number of carbonyl (C=O) groups is 1. The van der Waals surface area contributed by atoms with Gasteiger partial charge in [-0.15, -0.1) is 0 Å². The summed E-state index contributed by atoms with van der Waals surface area (Å²) in [5, 5.41) is 13.4. The van der Waals surface area contributed by atoms with Crippen molar-refractivity contribution >= 4 is 29.7 Å². The number of hydrogen-bond donors (Lipinski definition) is 2. The molecule has 3 aromatic carbocycles. The zero-order valence-electron chi connectivity index (χ0n) is 19.0. The largest absolute Gasteiger partial charge is 0.480 e. The third kappa shape index (κ3) is 5.36. The Bertz CT molecular complexity index is 1170. The fourth-order valence-corrected chi connectivity index (χ4v) is 4.63. The summed E-state index contributed by atoms with van der Waals surface area (Å²) in [5.74, 6) is -0.793. The lowest BCUT2D eigenvalue weighted by Gasteiger charge is -2.33. The molecule has 2 N–H and O–H groups in total. The first kappa shape index (κ1) is 23.2. The van der Waals surface area contributed by atoms with Gasteiger partial charge < -0.3 is 10.4 Å². The molecule has 1 saturated heterocycles. The van der Waals surface area contributed by atoms with Crippen molar-refractivity contribution in [3.8, 4) is 11.1 Å². The number of carboxylic acid groups (broad SMARTS) is 1. The molecule has 3 aromatic rings. The maximum Gasteiger partial charge on any atom is 0.322 e. The van der Waals surface area contributed by atoms with E-state index in [4.69, 9.17) is 11.6 Å². The number of halogens is 1. The number of rotatable bonds is 6. The first-order valence-corrected chi connectivity index (χ1v) is 11.6. The van der Waals surface area contributed by atoms with Crippen LogP contribution in [0.4, 0.5) is 0 Å². The van der Waals surface area contributed by atoms with E-state index in [1.165, 1.54) is 16.7 Å². The molecule has 170 valence electrons. The molecule has 33 heavy (non-hydrogen) atoms. The number of nitrogens with one attached hydrogen (secondary N) is 1. The van der Waals surface area contributed by atoms with E-state index in [0.29, 0.717) is 24.7 Å². The summed E-state index contributed by atoms with van der Waals surface area (Å²) in [5.41, 5.74) is 7.93. The Morgan fingerprint density at radius 3 is 2.61 bits per heavy atom. The third-order valence-corrected chi connectivity index (χ3v) is 6.70. The summed E-state index contributed by atoms with van der Waals surface area (Å²) in [6.45, 7) is 6.73. The predicted molar refractivity (Wildman–Crippen MR) is 136 cm³/mol. The third-order valence-electron chi connectivity index (χ3n) is 6.37. The summed E-state index contributed by atoms with van der Waals surface area (Å²) < 4.78 is 0. The van der Waals surface area contributed by atoms with E-state index in [2.05, 4.69) is 79.8 Å². The predicted octanol–water partition coefficient (Wildman–Crippen LogP) is 5.65. The second-order valence-corrected chi connectivity index (χ2v) is 8.96. The standard InChI is InChI=1S/C28H29ClN2O2/c1-19-15-23(26(29)16-24(19)18-31-14-13-30-17-27(31)28(32)33)12-11-21-9-6-10-25(20(21)2)22-7-4-3-5-8-22/h3-12,15-16,27,30H,13-14,17-18H2,1-2H3,(H,32,33)/b12-11+. The minimum absolute atomic E-state index is 0.463. The summed E-state index contributed by atoms with van der Waals surface area (Å²) in [6, 6.07) is 20.3. The maximum absolute atomic E-state index is 11.6. The summed E-state index contributed by atoms with van der Waals surface area (Å²) in [6.07, 6.45) is 4.17. The van der Waals surface area contributed by atoms with Crippen LogP contribution >= 0.6 is 11.6 Å². The zero-order chi connectivity index (χ0) is 23.4. The fourth-order valence-electron chi connectivity index (χ4n) is 4.39. The molecule has 4 rings (SSSR count). The summed E-state index contributed by atoms with van der Waals surface area (Å²) >= 11 is 6.65. The topological polar surface area (TPSA) is 52.6 Å². The highest BCUT2D eigenvalue weighted by atomic mass is 35.5. The van der Waals surface area contributed by atoms with Crippen molar-refractivity contribution < 1.29 is 9.90 Å². The first-order valence-electron chi connectivity index (χ1n) is 11.2. The number of nitrogens with zero attached hydrogens (tertiary/aromatic N) is 1. The van der Waals surface area contributed by atoms with E-state index in [9.17, 15) is 9.90 Å². The van der Waals surface area contributed by atoms with E-state index in [1.54, 1.807) is 0 Å². The molecule has 0 amide bonds. The molecule has 1 aliphatic heterocycles. The Morgan fingerprint density at radius 2 is 1.85 bits per heavy atom. The van der Waals surface area contributed by atoms with Crippen LogP contribution in [0.15, 0.2) is 60.7 Å². The lowest BCUT2D eigenvalue weighted by Crippen LogP contribution is -2.54. The Hall–Kier alpha value is -2.92. The lowest BCUT2D eigenvalue weighted by atomic mass is 9.95. The quantitative estimate of drug-likeness (QED) is 0.466. The van der Waals surface area contributed by atoms with Gasteiger partial charge in [0.1, 0.15) is 6.04 Å². The monoisotopic (exact) mass is 460 g/mol. The van der Waals surface area contributed by atoms with Crippen LogP contribution in [0.25, 0.3) is 23.3 Å². The highest BCUT2D eigenvalue weighted by Crippen LogP contribution is 2.29. The zero-order valence-corrected chi connectivity index (χ0v) is 19.8. The van der Waals surface area contributed by atoms with E-state index in [1.807, 2.05) is 17.0 Å². The number of aryl methyl sites for hydroxylation is 1. The van der Waals surface area contributed by atoms with Crippen molar-refractivity contribution in [1.82, 2.24) is 10.2 Å². The van der Waals surface area contributed by atoms with E-state index in [0.717, 1.165) is 28.8 Å². The Balaban J connectivity index is 1.56. The van der Waals surface area contributed by atoms with Crippen LogP contribution < -0.4 is 5.32 Å². The Morgan fingerprint density at radius 1 is 1.09 bits per heavy atom. The van der Waals surface area contributed by atoms with Gasteiger partial charge in [-0.05, 0) is 58.9 Å². The van der Waals surface area contributed by atoms with Crippen molar-refractivity contribution in [1.29, 1.82) is 0 Å². The van der Waals surface area contributed by atoms with Crippen molar-refractivity contribution in [3.63, 3.8) is 0 Å². The highest BCUT2D eigenvalue weighted by molar-refractivity contribution is 6.32. The number of piperazine rings is 1. The lowest BCUT2D eigenvalue weighted by molar-refractivity contribution is -0.144. The molecule has 1 aliphatic rings. The van der Waals surface area contributed by atoms with E-state index < -0.39 is 12.0 Å². The van der Waals surface area contributed by atoms with Crippen LogP contribution in [0.1, 0.15) is 27.8 Å². The van der Waals surface area contributed by atoms with Crippen molar-refractivity contribution in [2.45, 2.75) is 26.4 Å². The molecule has 1 heterocycles. The molecule has 0 aromatic heterocycles. The van der Waals surface area contributed by atoms with Gasteiger partial charge in [0.25, 0.3) is 0 Å². The van der Waals surface area contributed by atoms with Crippen LogP contribution in [0.2, 0.25) is 5.02 Å². The second-order valence-electron chi connectivity index (χ2n) is 8.55. The molecule has 4 nitrogen and oxygen atoms in total. The molecule has 0 bridgehead atoms. The molecule has 1 atom stereocenters. The van der Waals surface area contributed by atoms with E-state index >= 15 is 0 Å². The number of benzene rings is 3. The molecule has 1 unspecified atom stereocenters. The van der Waals surface area contributed by atoms with Gasteiger partial charge in [0.2, 0.25) is 0 Å². The van der Waals surface area contributed by atoms with Crippen molar-refractivity contribution in [2.24, 2.45) is 0 Å². The molecule has 1 fully saturated rings. The molecule has 0 aliphatic carbocycles. The molecule has 0 saturated carbocycles. The average Bonchev–Trinajstić information content (AvgIpc) is 2.82. The van der Waals surface area contributed by atoms with Crippen LogP contribution in [0, 0.1) is 13.8 Å². The molecular weight excluding hydrogens is 432 g/mol. The van der Waals surface area contributed by atoms with Crippen LogP contribution in [-0.4, -0.2) is 41.7 Å². The van der Waals surface area contributed by atoms with Gasteiger partial charge in [-0.25, -0.2) is 0 Å². The smallest absolute Gasteiger partial charge is 0.322 e. The van der Waals surface area contributed by atoms with Gasteiger partial charge in [-0.1, -0.05) is 78.4 Å². The van der Waals surface area contributed by atoms with Crippen molar-refractivity contribution in [2.75, 3.05) is 19.6 Å². The summed E-state index contributed by atoms with van der Waals surface area (Å²) in [7, 11) is 0. The number of hydrogen-bond acceptors (Lipinski definition) is 3. The molecule has 5 heteroatoms. The first-order chi connectivity index (χ1) is 15.9. The molecular formula is C28H29ClN2O2. The minimum atomic E-state index is -0.793. The normalized spacial score (nSPS) is 16.9. The average molecular weight is 461 g/mol. The van der Waals surface area contributed by atoms with Gasteiger partial charge >= 0.3 is 5.97 Å². The van der Waals surface area contributed by atoms with Gasteiger partial charge in [0, 0.05) is 31.2 Å².